The van der Waals surface area contributed by atoms with Crippen LogP contribution in [0.4, 0.5) is 10.1 Å². The minimum atomic E-state index is -1.25. The third-order valence-electron chi connectivity index (χ3n) is 18.7. The smallest absolute Gasteiger partial charge is 0.224 e. The lowest BCUT2D eigenvalue weighted by Crippen LogP contribution is -2.73. The maximum Gasteiger partial charge on any atom is 0.224 e. The molecule has 7 aromatic rings. The highest BCUT2D eigenvalue weighted by molar-refractivity contribution is 5.93. The van der Waals surface area contributed by atoms with Crippen molar-refractivity contribution >= 4 is 11.6 Å². The van der Waals surface area contributed by atoms with Gasteiger partial charge >= 0.3 is 0 Å². The molecule has 0 saturated heterocycles. The number of halogens is 1. The molecule has 8 aliphatic carbocycles. The van der Waals surface area contributed by atoms with E-state index in [1.54, 1.807) is 6.92 Å². The highest BCUT2D eigenvalue weighted by atomic mass is 19.1. The lowest BCUT2D eigenvalue weighted by atomic mass is 9.34. The van der Waals surface area contributed by atoms with Gasteiger partial charge in [-0.1, -0.05) is 188 Å². The zero-order valence-corrected chi connectivity index (χ0v) is 38.8. The molecule has 8 saturated carbocycles. The van der Waals surface area contributed by atoms with Crippen LogP contribution in [-0.4, -0.2) is 17.1 Å². The zero-order valence-electron chi connectivity index (χ0n) is 38.8. The summed E-state index contributed by atoms with van der Waals surface area (Å²) in [5.41, 5.74) is 8.55. The molecule has 0 heterocycles. The van der Waals surface area contributed by atoms with Gasteiger partial charge in [-0.05, 0) is 150 Å². The van der Waals surface area contributed by atoms with E-state index in [-0.39, 0.29) is 38.4 Å². The molecule has 4 atom stereocenters. The number of carbonyl (C=O) groups excluding carboxylic acids is 1. The first-order chi connectivity index (χ1) is 32.5. The van der Waals surface area contributed by atoms with Crippen molar-refractivity contribution in [3.8, 4) is 11.1 Å². The Kier molecular flexibility index (Phi) is 8.89. The molecule has 4 unspecified atom stereocenters. The summed E-state index contributed by atoms with van der Waals surface area (Å²) in [6.07, 6.45) is 10.6. The zero-order chi connectivity index (χ0) is 45.2. The summed E-state index contributed by atoms with van der Waals surface area (Å²) >= 11 is 0. The Morgan fingerprint density at radius 3 is 0.985 bits per heavy atom. The summed E-state index contributed by atoms with van der Waals surface area (Å²) in [6.45, 7) is 1.79. The third-order valence-corrected chi connectivity index (χ3v) is 18.7. The monoisotopic (exact) mass is 877 g/mol. The lowest BCUT2D eigenvalue weighted by Gasteiger charge is -2.73. The fourth-order valence-corrected chi connectivity index (χ4v) is 17.8. The van der Waals surface area contributed by atoms with Crippen LogP contribution in [-0.2, 0) is 37.3 Å². The predicted octanol–water partition coefficient (Wildman–Crippen LogP) is 14.8. The van der Waals surface area contributed by atoms with Crippen LogP contribution in [0.2, 0.25) is 0 Å². The molecule has 67 heavy (non-hydrogen) atoms. The summed E-state index contributed by atoms with van der Waals surface area (Å²) in [5, 5.41) is 0. The SMILES string of the molecule is CC(=O)N(c1ccccc1)C12CC3(c4ccccc4)CC(c4ccccc4)(CC(c4cccc(-c5cccc(C67CC8(F)CC(c9ccccc9)(CC(c9ccccc9)(C8)C6)C7)c5)c4)(C3)C1)C2. The Balaban J connectivity index is 0.959. The Hall–Kier alpha value is -6.06. The number of benzene rings is 7. The first-order valence-electron chi connectivity index (χ1n) is 25.0. The summed E-state index contributed by atoms with van der Waals surface area (Å²) < 4.78 is 18.0. The molecule has 0 aromatic heterocycles. The van der Waals surface area contributed by atoms with E-state index in [0.717, 1.165) is 63.5 Å². The molecule has 0 radical (unpaired) electrons. The molecule has 334 valence electrons. The molecule has 0 spiro atoms. The maximum atomic E-state index is 18.0. The van der Waals surface area contributed by atoms with Gasteiger partial charge in [0, 0.05) is 28.9 Å². The number of hydrogen-bond donors (Lipinski definition) is 0. The van der Waals surface area contributed by atoms with Crippen LogP contribution < -0.4 is 4.90 Å². The van der Waals surface area contributed by atoms with Crippen molar-refractivity contribution in [3.63, 3.8) is 0 Å². The fourth-order valence-electron chi connectivity index (χ4n) is 17.8. The van der Waals surface area contributed by atoms with Crippen molar-refractivity contribution in [2.24, 2.45) is 0 Å². The van der Waals surface area contributed by atoms with Crippen LogP contribution in [0.15, 0.2) is 200 Å². The predicted molar refractivity (Wildman–Crippen MR) is 269 cm³/mol. The second-order valence-electron chi connectivity index (χ2n) is 23.0. The highest BCUT2D eigenvalue weighted by Crippen LogP contribution is 2.75. The molecule has 0 aliphatic heterocycles. The van der Waals surface area contributed by atoms with Crippen molar-refractivity contribution in [1.82, 2.24) is 0 Å². The Morgan fingerprint density at radius 2 is 0.642 bits per heavy atom. The molecule has 8 bridgehead atoms. The minimum Gasteiger partial charge on any atom is -0.306 e. The highest BCUT2D eigenvalue weighted by Gasteiger charge is 2.72. The third kappa shape index (κ3) is 6.21. The van der Waals surface area contributed by atoms with E-state index in [2.05, 4.69) is 205 Å². The topological polar surface area (TPSA) is 20.3 Å². The average molecular weight is 878 g/mol. The van der Waals surface area contributed by atoms with Crippen molar-refractivity contribution in [1.29, 1.82) is 0 Å². The standard InChI is InChI=1S/C64H60FNO/c1-47(67)66(56-31-15-6-16-32-56)64-44-60(52-25-11-4-12-26-52)38-61(45-64,53-27-13-5-14-28-53)40-62(39-60,46-64)55-30-18-20-49(34-55)48-19-17-29-54(33-48)59-36-57(50-21-7-2-8-22-50)35-58(37-59,42-63(65,41-57)43-59)51-23-9-3-10-24-51/h2-34H,35-46H2,1H3. The summed E-state index contributed by atoms with van der Waals surface area (Å²) in [5.74, 6) is 0.114. The molecule has 7 aromatic carbocycles. The number of anilines is 1. The van der Waals surface area contributed by atoms with Gasteiger partial charge < -0.3 is 4.90 Å². The van der Waals surface area contributed by atoms with Crippen LogP contribution in [0.25, 0.3) is 11.1 Å². The summed E-state index contributed by atoms with van der Waals surface area (Å²) in [6, 6.07) is 73.9. The van der Waals surface area contributed by atoms with E-state index >= 15 is 4.39 Å². The number of amides is 1. The number of nitrogens with zero attached hydrogens (tertiary/aromatic N) is 1. The molecular formula is C64H60FNO. The first kappa shape index (κ1) is 41.2. The van der Waals surface area contributed by atoms with Gasteiger partial charge in [0.2, 0.25) is 5.91 Å². The number of para-hydroxylation sites is 1. The molecule has 3 heteroatoms. The number of hydrogen-bond acceptors (Lipinski definition) is 1. The molecule has 1 amide bonds. The number of alkyl halides is 1. The first-order valence-corrected chi connectivity index (χ1v) is 25.0. The largest absolute Gasteiger partial charge is 0.306 e. The van der Waals surface area contributed by atoms with Gasteiger partial charge in [-0.25, -0.2) is 4.39 Å². The van der Waals surface area contributed by atoms with Gasteiger partial charge in [-0.15, -0.1) is 0 Å². The van der Waals surface area contributed by atoms with Gasteiger partial charge in [0.05, 0.1) is 5.54 Å². The second-order valence-corrected chi connectivity index (χ2v) is 23.0. The minimum absolute atomic E-state index is 0.114. The average Bonchev–Trinajstić information content (AvgIpc) is 3.34. The van der Waals surface area contributed by atoms with Gasteiger partial charge in [0.25, 0.3) is 0 Å². The molecular weight excluding hydrogens is 818 g/mol. The number of rotatable bonds is 9. The van der Waals surface area contributed by atoms with Gasteiger partial charge in [0.15, 0.2) is 0 Å². The fraction of sp³-hybridized carbons (Fsp3) is 0.328. The van der Waals surface area contributed by atoms with Gasteiger partial charge in [-0.3, -0.25) is 4.79 Å². The van der Waals surface area contributed by atoms with Crippen molar-refractivity contribution in [2.45, 2.75) is 128 Å². The molecule has 8 fully saturated rings. The summed E-state index contributed by atoms with van der Waals surface area (Å²) in [4.78, 5) is 16.6. The quantitative estimate of drug-likeness (QED) is 0.141. The van der Waals surface area contributed by atoms with Crippen LogP contribution in [0.3, 0.4) is 0 Å². The Morgan fingerprint density at radius 1 is 0.358 bits per heavy atom. The van der Waals surface area contributed by atoms with Crippen LogP contribution >= 0.6 is 0 Å². The normalized spacial score (nSPS) is 34.2. The van der Waals surface area contributed by atoms with Gasteiger partial charge in [-0.2, -0.15) is 0 Å². The Labute approximate surface area is 396 Å². The second kappa shape index (κ2) is 14.5. The van der Waals surface area contributed by atoms with E-state index in [4.69, 9.17) is 0 Å². The Bertz CT molecular complexity index is 2890. The van der Waals surface area contributed by atoms with Gasteiger partial charge in [0.1, 0.15) is 5.67 Å². The van der Waals surface area contributed by atoms with Crippen LogP contribution in [0, 0.1) is 0 Å². The maximum absolute atomic E-state index is 18.0. The van der Waals surface area contributed by atoms with Crippen LogP contribution in [0.5, 0.6) is 0 Å². The number of carbonyl (C=O) groups is 1. The van der Waals surface area contributed by atoms with E-state index in [9.17, 15) is 4.79 Å². The molecule has 2 nitrogen and oxygen atoms in total. The molecule has 8 aliphatic rings. The van der Waals surface area contributed by atoms with Crippen molar-refractivity contribution in [3.05, 3.63) is 234 Å². The van der Waals surface area contributed by atoms with E-state index in [0.29, 0.717) is 19.3 Å². The van der Waals surface area contributed by atoms with Crippen molar-refractivity contribution in [2.75, 3.05) is 4.90 Å². The lowest BCUT2D eigenvalue weighted by molar-refractivity contribution is -0.123. The molecule has 0 N–H and O–H groups in total. The van der Waals surface area contributed by atoms with Crippen LogP contribution in [0.1, 0.15) is 117 Å². The van der Waals surface area contributed by atoms with Crippen molar-refractivity contribution < 1.29 is 9.18 Å². The van der Waals surface area contributed by atoms with E-state index in [1.165, 1.54) is 44.5 Å². The molecule has 15 rings (SSSR count). The van der Waals surface area contributed by atoms with E-state index in [1.807, 2.05) is 0 Å². The summed E-state index contributed by atoms with van der Waals surface area (Å²) in [7, 11) is 0. The van der Waals surface area contributed by atoms with E-state index < -0.39 is 11.2 Å².